The summed E-state index contributed by atoms with van der Waals surface area (Å²) in [6, 6.07) is 13.8. The predicted molar refractivity (Wildman–Crippen MR) is 104 cm³/mol. The van der Waals surface area contributed by atoms with E-state index in [1.165, 1.54) is 41.2 Å². The van der Waals surface area contributed by atoms with Crippen LogP contribution in [-0.4, -0.2) is 20.2 Å². The second-order valence-electron chi connectivity index (χ2n) is 6.02. The normalized spacial score (nSPS) is 10.9. The zero-order valence-corrected chi connectivity index (χ0v) is 15.1. The number of amides is 1. The Hall–Kier alpha value is -3.52. The van der Waals surface area contributed by atoms with Crippen molar-refractivity contribution in [3.05, 3.63) is 81.5 Å². The maximum Gasteiger partial charge on any atom is 0.273 e. The number of rotatable bonds is 4. The van der Waals surface area contributed by atoms with E-state index >= 15 is 0 Å². The van der Waals surface area contributed by atoms with E-state index in [0.29, 0.717) is 11.4 Å². The quantitative estimate of drug-likeness (QED) is 0.417. The third-order valence-corrected chi connectivity index (χ3v) is 4.96. The molecule has 2 aromatic heterocycles. The molecule has 0 bridgehead atoms. The minimum absolute atomic E-state index is 0.0247. The summed E-state index contributed by atoms with van der Waals surface area (Å²) in [6.45, 7) is 2.02. The molecule has 4 aromatic rings. The zero-order valence-electron chi connectivity index (χ0n) is 14.2. The van der Waals surface area contributed by atoms with Gasteiger partial charge in [-0.3, -0.25) is 19.3 Å². The Morgan fingerprint density at radius 3 is 2.52 bits per heavy atom. The average Bonchev–Trinajstić information content (AvgIpc) is 3.23. The van der Waals surface area contributed by atoms with Gasteiger partial charge >= 0.3 is 0 Å². The summed E-state index contributed by atoms with van der Waals surface area (Å²) in [6.07, 6.45) is 1.83. The SMILES string of the molecule is Cc1ccc(-c2cn3c(C(=O)Nc4ccc([N+](=O)[O-])cc4)csc3n2)cc1. The second-order valence-corrected chi connectivity index (χ2v) is 6.86. The lowest BCUT2D eigenvalue weighted by Gasteiger charge is -2.04. The molecule has 0 saturated carbocycles. The van der Waals surface area contributed by atoms with E-state index < -0.39 is 4.92 Å². The van der Waals surface area contributed by atoms with Crippen molar-refractivity contribution in [2.45, 2.75) is 6.92 Å². The molecule has 0 aliphatic carbocycles. The van der Waals surface area contributed by atoms with Crippen molar-refractivity contribution in [3.63, 3.8) is 0 Å². The molecule has 2 aromatic carbocycles. The maximum absolute atomic E-state index is 12.6. The number of thiazole rings is 1. The first-order chi connectivity index (χ1) is 13.0. The highest BCUT2D eigenvalue weighted by Crippen LogP contribution is 2.25. The second kappa shape index (κ2) is 6.65. The van der Waals surface area contributed by atoms with Crippen LogP contribution < -0.4 is 5.32 Å². The highest BCUT2D eigenvalue weighted by Gasteiger charge is 2.16. The highest BCUT2D eigenvalue weighted by molar-refractivity contribution is 7.15. The largest absolute Gasteiger partial charge is 0.321 e. The number of nitrogens with one attached hydrogen (secondary N) is 1. The molecule has 0 aliphatic rings. The Bertz CT molecular complexity index is 1140. The van der Waals surface area contributed by atoms with Gasteiger partial charge in [0.1, 0.15) is 5.69 Å². The lowest BCUT2D eigenvalue weighted by Crippen LogP contribution is -2.13. The monoisotopic (exact) mass is 378 g/mol. The maximum atomic E-state index is 12.6. The molecular formula is C19H14N4O3S. The number of nitro groups is 1. The van der Waals surface area contributed by atoms with Crippen LogP contribution in [0.3, 0.4) is 0 Å². The molecule has 4 rings (SSSR count). The van der Waals surface area contributed by atoms with Crippen LogP contribution in [0.5, 0.6) is 0 Å². The molecule has 0 atom stereocenters. The number of aromatic nitrogens is 2. The average molecular weight is 378 g/mol. The number of carbonyl (C=O) groups excluding carboxylic acids is 1. The van der Waals surface area contributed by atoms with Gasteiger partial charge in [0.2, 0.25) is 0 Å². The first-order valence-corrected chi connectivity index (χ1v) is 8.99. The minimum atomic E-state index is -0.480. The van der Waals surface area contributed by atoms with Gasteiger partial charge in [-0.15, -0.1) is 11.3 Å². The summed E-state index contributed by atoms with van der Waals surface area (Å²) in [5.41, 5.74) is 3.87. The number of benzene rings is 2. The molecule has 0 fully saturated rings. The summed E-state index contributed by atoms with van der Waals surface area (Å²) in [5.74, 6) is -0.303. The fourth-order valence-corrected chi connectivity index (χ4v) is 3.53. The van der Waals surface area contributed by atoms with Gasteiger partial charge in [-0.1, -0.05) is 29.8 Å². The number of carbonyl (C=O) groups is 1. The number of nitrogens with zero attached hydrogens (tertiary/aromatic N) is 3. The Morgan fingerprint density at radius 2 is 1.85 bits per heavy atom. The standard InChI is InChI=1S/C19H14N4O3S/c1-12-2-4-13(5-3-12)16-10-22-17(11-27-19(22)21-16)18(24)20-14-6-8-15(9-7-14)23(25)26/h2-11H,1H3,(H,20,24). The van der Waals surface area contributed by atoms with Gasteiger partial charge in [0.25, 0.3) is 11.6 Å². The minimum Gasteiger partial charge on any atom is -0.321 e. The molecule has 1 amide bonds. The molecule has 0 radical (unpaired) electrons. The number of aryl methyl sites for hydroxylation is 1. The Balaban J connectivity index is 1.60. The third kappa shape index (κ3) is 3.30. The van der Waals surface area contributed by atoms with Crippen LogP contribution >= 0.6 is 11.3 Å². The van der Waals surface area contributed by atoms with Crippen LogP contribution in [0.1, 0.15) is 16.1 Å². The topological polar surface area (TPSA) is 89.5 Å². The first-order valence-electron chi connectivity index (χ1n) is 8.11. The number of hydrogen-bond donors (Lipinski definition) is 1. The van der Waals surface area contributed by atoms with E-state index in [2.05, 4.69) is 10.3 Å². The zero-order chi connectivity index (χ0) is 19.0. The van der Waals surface area contributed by atoms with Crippen LogP contribution in [0, 0.1) is 17.0 Å². The molecule has 8 heteroatoms. The van der Waals surface area contributed by atoms with E-state index in [1.54, 1.807) is 9.78 Å². The van der Waals surface area contributed by atoms with Gasteiger partial charge < -0.3 is 5.32 Å². The molecule has 0 unspecified atom stereocenters. The number of hydrogen-bond acceptors (Lipinski definition) is 5. The molecule has 2 heterocycles. The van der Waals surface area contributed by atoms with Gasteiger partial charge in [0, 0.05) is 35.0 Å². The summed E-state index contributed by atoms with van der Waals surface area (Å²) >= 11 is 1.38. The van der Waals surface area contributed by atoms with Crippen LogP contribution in [0.25, 0.3) is 16.2 Å². The Kier molecular flexibility index (Phi) is 4.17. The highest BCUT2D eigenvalue weighted by atomic mass is 32.1. The summed E-state index contributed by atoms with van der Waals surface area (Å²) in [7, 11) is 0. The van der Waals surface area contributed by atoms with E-state index in [0.717, 1.165) is 16.2 Å². The van der Waals surface area contributed by atoms with E-state index in [4.69, 9.17) is 0 Å². The number of nitro benzene ring substituents is 1. The predicted octanol–water partition coefficient (Wildman–Crippen LogP) is 4.53. The Labute approximate surface area is 158 Å². The van der Waals surface area contributed by atoms with Crippen LogP contribution in [0.15, 0.2) is 60.1 Å². The summed E-state index contributed by atoms with van der Waals surface area (Å²) < 4.78 is 1.75. The molecule has 134 valence electrons. The van der Waals surface area contributed by atoms with Crippen LogP contribution in [0.2, 0.25) is 0 Å². The van der Waals surface area contributed by atoms with Crippen molar-refractivity contribution in [1.29, 1.82) is 0 Å². The van der Waals surface area contributed by atoms with Crippen molar-refractivity contribution in [1.82, 2.24) is 9.38 Å². The fraction of sp³-hybridized carbons (Fsp3) is 0.0526. The van der Waals surface area contributed by atoms with Gasteiger partial charge in [-0.25, -0.2) is 4.98 Å². The van der Waals surface area contributed by atoms with Crippen molar-refractivity contribution in [3.8, 4) is 11.3 Å². The Morgan fingerprint density at radius 1 is 1.15 bits per heavy atom. The van der Waals surface area contributed by atoms with Gasteiger partial charge in [0.15, 0.2) is 4.96 Å². The molecule has 7 nitrogen and oxygen atoms in total. The fourth-order valence-electron chi connectivity index (χ4n) is 2.67. The molecule has 0 spiro atoms. The smallest absolute Gasteiger partial charge is 0.273 e. The molecule has 1 N–H and O–H groups in total. The van der Waals surface area contributed by atoms with E-state index in [1.807, 2.05) is 37.4 Å². The lowest BCUT2D eigenvalue weighted by atomic mass is 10.1. The van der Waals surface area contributed by atoms with Crippen molar-refractivity contribution >= 4 is 33.6 Å². The van der Waals surface area contributed by atoms with E-state index in [-0.39, 0.29) is 11.6 Å². The number of fused-ring (bicyclic) bond motifs is 1. The van der Waals surface area contributed by atoms with Gasteiger partial charge in [-0.05, 0) is 19.1 Å². The summed E-state index contributed by atoms with van der Waals surface area (Å²) in [4.78, 5) is 28.1. The van der Waals surface area contributed by atoms with Crippen LogP contribution in [0.4, 0.5) is 11.4 Å². The third-order valence-electron chi connectivity index (χ3n) is 4.13. The summed E-state index contributed by atoms with van der Waals surface area (Å²) in [5, 5.41) is 15.2. The number of non-ortho nitro benzene ring substituents is 1. The van der Waals surface area contributed by atoms with Crippen molar-refractivity contribution in [2.75, 3.05) is 5.32 Å². The first kappa shape index (κ1) is 16.9. The molecule has 27 heavy (non-hydrogen) atoms. The van der Waals surface area contributed by atoms with Crippen molar-refractivity contribution < 1.29 is 9.72 Å². The molecule has 0 aliphatic heterocycles. The van der Waals surface area contributed by atoms with Gasteiger partial charge in [-0.2, -0.15) is 0 Å². The van der Waals surface area contributed by atoms with Crippen LogP contribution in [-0.2, 0) is 0 Å². The number of imidazole rings is 1. The van der Waals surface area contributed by atoms with Crippen molar-refractivity contribution in [2.24, 2.45) is 0 Å². The van der Waals surface area contributed by atoms with E-state index in [9.17, 15) is 14.9 Å². The lowest BCUT2D eigenvalue weighted by molar-refractivity contribution is -0.384. The van der Waals surface area contributed by atoms with Gasteiger partial charge in [0.05, 0.1) is 10.6 Å². The number of anilines is 1. The molecular weight excluding hydrogens is 364 g/mol. The molecule has 0 saturated heterocycles.